The van der Waals surface area contributed by atoms with Crippen molar-refractivity contribution in [3.63, 3.8) is 0 Å². The first-order valence-corrected chi connectivity index (χ1v) is 4.58. The topological polar surface area (TPSA) is 52.6 Å². The summed E-state index contributed by atoms with van der Waals surface area (Å²) < 4.78 is 9.28. The lowest BCUT2D eigenvalue weighted by Crippen LogP contribution is -2.27. The number of hydrogen-bond donors (Lipinski definition) is 0. The molecular weight excluding hydrogens is 231 g/mol. The second-order valence-corrected chi connectivity index (χ2v) is 3.58. The minimum Gasteiger partial charge on any atom is -0.469 e. The van der Waals surface area contributed by atoms with E-state index in [0.29, 0.717) is 0 Å². The van der Waals surface area contributed by atoms with Crippen LogP contribution in [0.5, 0.6) is 0 Å². The highest BCUT2D eigenvalue weighted by atomic mass is 35.5. The molecule has 6 heteroatoms. The molecule has 0 aromatic carbocycles. The number of esters is 2. The molecule has 1 aliphatic heterocycles. The van der Waals surface area contributed by atoms with Gasteiger partial charge in [0, 0.05) is 0 Å². The van der Waals surface area contributed by atoms with E-state index in [2.05, 4.69) is 4.74 Å². The highest BCUT2D eigenvalue weighted by molar-refractivity contribution is 6.48. The SMILES string of the molecule is COC(=O)C(C)[C@H]1OC(=O)C(Cl)=C1Cl. The van der Waals surface area contributed by atoms with Crippen LogP contribution in [0.4, 0.5) is 0 Å². The molecule has 0 saturated carbocycles. The van der Waals surface area contributed by atoms with Gasteiger partial charge in [-0.2, -0.15) is 0 Å². The maximum atomic E-state index is 11.1. The van der Waals surface area contributed by atoms with E-state index in [1.54, 1.807) is 6.92 Å². The van der Waals surface area contributed by atoms with Gasteiger partial charge >= 0.3 is 11.9 Å². The summed E-state index contributed by atoms with van der Waals surface area (Å²) in [5.41, 5.74) is 0. The van der Waals surface area contributed by atoms with E-state index in [1.165, 1.54) is 7.11 Å². The van der Waals surface area contributed by atoms with Gasteiger partial charge < -0.3 is 9.47 Å². The van der Waals surface area contributed by atoms with Crippen molar-refractivity contribution in [3.05, 3.63) is 10.1 Å². The molecule has 1 rings (SSSR count). The van der Waals surface area contributed by atoms with E-state index in [-0.39, 0.29) is 10.1 Å². The zero-order chi connectivity index (χ0) is 10.9. The van der Waals surface area contributed by atoms with Crippen LogP contribution in [0.25, 0.3) is 0 Å². The molecule has 1 heterocycles. The molecule has 0 aliphatic carbocycles. The summed E-state index contributed by atoms with van der Waals surface area (Å²) in [6.45, 7) is 1.54. The standard InChI is InChI=1S/C8H8Cl2O4/c1-3(7(11)13-2)6-4(9)5(10)8(12)14-6/h3,6H,1-2H3/t3?,6-/m1/s1. The Labute approximate surface area is 90.8 Å². The molecule has 0 bridgehead atoms. The molecular formula is C8H8Cl2O4. The van der Waals surface area contributed by atoms with Crippen molar-refractivity contribution >= 4 is 35.1 Å². The normalized spacial score (nSPS) is 23.4. The average Bonchev–Trinajstić information content (AvgIpc) is 2.43. The number of hydrogen-bond acceptors (Lipinski definition) is 4. The van der Waals surface area contributed by atoms with Crippen molar-refractivity contribution in [1.82, 2.24) is 0 Å². The van der Waals surface area contributed by atoms with Crippen LogP contribution in [0.2, 0.25) is 0 Å². The van der Waals surface area contributed by atoms with E-state index in [0.717, 1.165) is 0 Å². The third-order valence-electron chi connectivity index (χ3n) is 1.90. The summed E-state index contributed by atoms with van der Waals surface area (Å²) in [4.78, 5) is 22.1. The molecule has 1 aliphatic rings. The zero-order valence-corrected chi connectivity index (χ0v) is 9.06. The smallest absolute Gasteiger partial charge is 0.351 e. The van der Waals surface area contributed by atoms with Gasteiger partial charge in [0.1, 0.15) is 5.03 Å². The maximum Gasteiger partial charge on any atom is 0.351 e. The van der Waals surface area contributed by atoms with Crippen LogP contribution in [-0.4, -0.2) is 25.2 Å². The predicted molar refractivity (Wildman–Crippen MR) is 49.8 cm³/mol. The summed E-state index contributed by atoms with van der Waals surface area (Å²) in [5.74, 6) is -1.88. The minimum atomic E-state index is -0.830. The summed E-state index contributed by atoms with van der Waals surface area (Å²) in [6, 6.07) is 0. The molecule has 4 nitrogen and oxygen atoms in total. The van der Waals surface area contributed by atoms with Gasteiger partial charge in [0.05, 0.1) is 18.1 Å². The third kappa shape index (κ3) is 1.86. The molecule has 0 fully saturated rings. The van der Waals surface area contributed by atoms with Crippen LogP contribution in [0.15, 0.2) is 10.1 Å². The first kappa shape index (κ1) is 11.3. The first-order chi connectivity index (χ1) is 6.49. The number of rotatable bonds is 2. The van der Waals surface area contributed by atoms with Gasteiger partial charge in [-0.1, -0.05) is 23.2 Å². The maximum absolute atomic E-state index is 11.1. The van der Waals surface area contributed by atoms with E-state index in [1.807, 2.05) is 0 Å². The van der Waals surface area contributed by atoms with Gasteiger partial charge in [-0.05, 0) is 6.92 Å². The summed E-state index contributed by atoms with van der Waals surface area (Å²) in [5, 5.41) is -0.123. The third-order valence-corrected chi connectivity index (χ3v) is 2.76. The molecule has 2 atom stereocenters. The van der Waals surface area contributed by atoms with Gasteiger partial charge in [0.25, 0.3) is 0 Å². The Morgan fingerprint density at radius 2 is 2.14 bits per heavy atom. The molecule has 1 unspecified atom stereocenters. The molecule has 14 heavy (non-hydrogen) atoms. The Balaban J connectivity index is 2.83. The highest BCUT2D eigenvalue weighted by Crippen LogP contribution is 2.33. The van der Waals surface area contributed by atoms with E-state index < -0.39 is 24.0 Å². The van der Waals surface area contributed by atoms with Crippen molar-refractivity contribution in [2.24, 2.45) is 5.92 Å². The Kier molecular flexibility index (Phi) is 3.39. The molecule has 0 amide bonds. The fourth-order valence-corrected chi connectivity index (χ4v) is 1.53. The molecule has 0 radical (unpaired) electrons. The number of methoxy groups -OCH3 is 1. The second kappa shape index (κ2) is 4.19. The van der Waals surface area contributed by atoms with Crippen molar-refractivity contribution in [2.75, 3.05) is 7.11 Å². The van der Waals surface area contributed by atoms with Gasteiger partial charge in [-0.25, -0.2) is 4.79 Å². The summed E-state index contributed by atoms with van der Waals surface area (Å²) in [7, 11) is 1.24. The van der Waals surface area contributed by atoms with Crippen LogP contribution in [0.1, 0.15) is 6.92 Å². The van der Waals surface area contributed by atoms with Gasteiger partial charge in [-0.3, -0.25) is 4.79 Å². The molecule has 0 saturated heterocycles. The Bertz CT molecular complexity index is 310. The lowest BCUT2D eigenvalue weighted by atomic mass is 10.1. The molecule has 0 spiro atoms. The summed E-state index contributed by atoms with van der Waals surface area (Å²) >= 11 is 11.2. The van der Waals surface area contributed by atoms with Crippen molar-refractivity contribution < 1.29 is 19.1 Å². The van der Waals surface area contributed by atoms with Crippen LogP contribution in [0.3, 0.4) is 0 Å². The quantitative estimate of drug-likeness (QED) is 0.683. The van der Waals surface area contributed by atoms with Gasteiger partial charge in [0.2, 0.25) is 0 Å². The Morgan fingerprint density at radius 1 is 1.57 bits per heavy atom. The van der Waals surface area contributed by atoms with Crippen LogP contribution >= 0.6 is 23.2 Å². The zero-order valence-electron chi connectivity index (χ0n) is 7.54. The number of halogens is 2. The number of carbonyl (C=O) groups is 2. The number of carbonyl (C=O) groups excluding carboxylic acids is 2. The predicted octanol–water partition coefficient (Wildman–Crippen LogP) is 1.41. The average molecular weight is 239 g/mol. The van der Waals surface area contributed by atoms with E-state index in [4.69, 9.17) is 27.9 Å². The molecule has 0 aromatic heterocycles. The Hall–Kier alpha value is -0.740. The molecule has 0 aromatic rings. The van der Waals surface area contributed by atoms with Crippen molar-refractivity contribution in [2.45, 2.75) is 13.0 Å². The van der Waals surface area contributed by atoms with Crippen molar-refractivity contribution in [3.8, 4) is 0 Å². The van der Waals surface area contributed by atoms with Crippen LogP contribution < -0.4 is 0 Å². The van der Waals surface area contributed by atoms with E-state index in [9.17, 15) is 9.59 Å². The number of ether oxygens (including phenoxy) is 2. The second-order valence-electron chi connectivity index (χ2n) is 2.80. The lowest BCUT2D eigenvalue weighted by molar-refractivity contribution is -0.152. The summed E-state index contributed by atoms with van der Waals surface area (Å²) in [6.07, 6.45) is -0.830. The van der Waals surface area contributed by atoms with Gasteiger partial charge in [-0.15, -0.1) is 0 Å². The van der Waals surface area contributed by atoms with Crippen LogP contribution in [-0.2, 0) is 19.1 Å². The highest BCUT2D eigenvalue weighted by Gasteiger charge is 2.39. The molecule has 0 N–H and O–H groups in total. The lowest BCUT2D eigenvalue weighted by Gasteiger charge is -2.15. The minimum absolute atomic E-state index is 0.0505. The van der Waals surface area contributed by atoms with Crippen molar-refractivity contribution in [1.29, 1.82) is 0 Å². The Morgan fingerprint density at radius 3 is 2.50 bits per heavy atom. The van der Waals surface area contributed by atoms with Gasteiger partial charge in [0.15, 0.2) is 6.10 Å². The van der Waals surface area contributed by atoms with E-state index >= 15 is 0 Å². The fourth-order valence-electron chi connectivity index (χ4n) is 1.07. The number of cyclic esters (lactones) is 1. The first-order valence-electron chi connectivity index (χ1n) is 3.83. The monoisotopic (exact) mass is 238 g/mol. The fraction of sp³-hybridized carbons (Fsp3) is 0.500. The van der Waals surface area contributed by atoms with Crippen LogP contribution in [0, 0.1) is 5.92 Å². The molecule has 78 valence electrons. The largest absolute Gasteiger partial charge is 0.469 e.